The standard InChI is InChI=1S/C17H32O5Si/c1-13(22-23(7,8)17(3,4)5)9-10-15-16(20-12-18-6)11-19-14(2)21-15/h9-10,14-16H,1,11-12H2,2-8H3/b10-9+/t14-,15+,16-/m1/s1. The van der Waals surface area contributed by atoms with Gasteiger partial charge >= 0.3 is 0 Å². The largest absolute Gasteiger partial charge is 0.544 e. The van der Waals surface area contributed by atoms with Crippen molar-refractivity contribution in [3.05, 3.63) is 24.5 Å². The highest BCUT2D eigenvalue weighted by Crippen LogP contribution is 2.37. The Labute approximate surface area is 141 Å². The molecule has 0 saturated carbocycles. The van der Waals surface area contributed by atoms with E-state index >= 15 is 0 Å². The van der Waals surface area contributed by atoms with Gasteiger partial charge in [0, 0.05) is 7.11 Å². The molecule has 1 aliphatic heterocycles. The minimum absolute atomic E-state index is 0.136. The molecule has 1 fully saturated rings. The van der Waals surface area contributed by atoms with Gasteiger partial charge in [0.25, 0.3) is 0 Å². The van der Waals surface area contributed by atoms with Gasteiger partial charge in [0.1, 0.15) is 19.0 Å². The normalized spacial score (nSPS) is 26.5. The van der Waals surface area contributed by atoms with Crippen LogP contribution in [0.15, 0.2) is 24.5 Å². The third-order valence-electron chi connectivity index (χ3n) is 4.27. The quantitative estimate of drug-likeness (QED) is 0.304. The third kappa shape index (κ3) is 6.39. The van der Waals surface area contributed by atoms with Crippen molar-refractivity contribution in [1.29, 1.82) is 0 Å². The summed E-state index contributed by atoms with van der Waals surface area (Å²) in [4.78, 5) is 0. The monoisotopic (exact) mass is 344 g/mol. The van der Waals surface area contributed by atoms with E-state index in [-0.39, 0.29) is 30.3 Å². The molecule has 1 aliphatic rings. The minimum atomic E-state index is -1.87. The second-order valence-corrected chi connectivity index (χ2v) is 12.0. The van der Waals surface area contributed by atoms with Gasteiger partial charge in [0.15, 0.2) is 6.29 Å². The summed E-state index contributed by atoms with van der Waals surface area (Å²) in [5.41, 5.74) is 0. The van der Waals surface area contributed by atoms with E-state index in [4.69, 9.17) is 23.4 Å². The summed E-state index contributed by atoms with van der Waals surface area (Å²) < 4.78 is 27.9. The van der Waals surface area contributed by atoms with Crippen LogP contribution in [0.4, 0.5) is 0 Å². The predicted octanol–water partition coefficient (Wildman–Crippen LogP) is 3.83. The van der Waals surface area contributed by atoms with Crippen molar-refractivity contribution in [3.8, 4) is 0 Å². The van der Waals surface area contributed by atoms with Gasteiger partial charge in [0.05, 0.1) is 12.4 Å². The fourth-order valence-corrected chi connectivity index (χ4v) is 2.89. The van der Waals surface area contributed by atoms with Crippen molar-refractivity contribution in [2.45, 2.75) is 64.3 Å². The number of ether oxygens (including phenoxy) is 4. The maximum Gasteiger partial charge on any atom is 0.250 e. The summed E-state index contributed by atoms with van der Waals surface area (Å²) in [6.07, 6.45) is 3.11. The molecule has 23 heavy (non-hydrogen) atoms. The van der Waals surface area contributed by atoms with Gasteiger partial charge in [-0.15, -0.1) is 0 Å². The highest BCUT2D eigenvalue weighted by atomic mass is 28.4. The number of allylic oxidation sites excluding steroid dienone is 1. The lowest BCUT2D eigenvalue weighted by Gasteiger charge is -2.37. The maximum absolute atomic E-state index is 6.14. The Kier molecular flexibility index (Phi) is 7.48. The summed E-state index contributed by atoms with van der Waals surface area (Å²) in [6.45, 7) is 17.6. The molecule has 0 aromatic carbocycles. The fraction of sp³-hybridized carbons (Fsp3) is 0.765. The van der Waals surface area contributed by atoms with Crippen LogP contribution in [0.5, 0.6) is 0 Å². The van der Waals surface area contributed by atoms with E-state index < -0.39 is 8.32 Å². The van der Waals surface area contributed by atoms with Crippen LogP contribution in [0.3, 0.4) is 0 Å². The summed E-state index contributed by atoms with van der Waals surface area (Å²) in [5.74, 6) is 0.657. The van der Waals surface area contributed by atoms with Crippen LogP contribution in [0.2, 0.25) is 18.1 Å². The SMILES string of the molecule is C=C(/C=C/[C@@H]1O[C@H](C)OC[C@H]1OCOC)O[Si](C)(C)C(C)(C)C. The molecule has 134 valence electrons. The highest BCUT2D eigenvalue weighted by Gasteiger charge is 2.39. The van der Waals surface area contributed by atoms with Gasteiger partial charge < -0.3 is 23.4 Å². The second-order valence-electron chi connectivity index (χ2n) is 7.30. The first kappa shape index (κ1) is 20.4. The first-order valence-electron chi connectivity index (χ1n) is 8.00. The molecule has 0 aliphatic carbocycles. The molecular weight excluding hydrogens is 312 g/mol. The Morgan fingerprint density at radius 3 is 2.57 bits per heavy atom. The minimum Gasteiger partial charge on any atom is -0.544 e. The molecular formula is C17H32O5Si. The molecule has 0 aromatic rings. The average Bonchev–Trinajstić information content (AvgIpc) is 2.42. The van der Waals surface area contributed by atoms with E-state index in [1.165, 1.54) is 0 Å². The second kappa shape index (κ2) is 8.44. The smallest absolute Gasteiger partial charge is 0.250 e. The van der Waals surface area contributed by atoms with Crippen molar-refractivity contribution in [2.24, 2.45) is 0 Å². The van der Waals surface area contributed by atoms with Gasteiger partial charge in [0.2, 0.25) is 8.32 Å². The molecule has 0 spiro atoms. The van der Waals surface area contributed by atoms with Gasteiger partial charge in [-0.3, -0.25) is 0 Å². The van der Waals surface area contributed by atoms with Crippen molar-refractivity contribution in [2.75, 3.05) is 20.5 Å². The Morgan fingerprint density at radius 2 is 2.00 bits per heavy atom. The molecule has 1 saturated heterocycles. The summed E-state index contributed by atoms with van der Waals surface area (Å²) in [5, 5.41) is 0.136. The lowest BCUT2D eigenvalue weighted by Crippen LogP contribution is -2.43. The number of methoxy groups -OCH3 is 1. The van der Waals surface area contributed by atoms with Crippen LogP contribution >= 0.6 is 0 Å². The number of hydrogen-bond acceptors (Lipinski definition) is 5. The highest BCUT2D eigenvalue weighted by molar-refractivity contribution is 6.74. The Hall–Kier alpha value is -0.663. The molecule has 0 unspecified atom stereocenters. The number of hydrogen-bond donors (Lipinski definition) is 0. The van der Waals surface area contributed by atoms with Crippen LogP contribution in [0.25, 0.3) is 0 Å². The molecule has 3 atom stereocenters. The zero-order valence-corrected chi connectivity index (χ0v) is 16.5. The van der Waals surface area contributed by atoms with Crippen molar-refractivity contribution < 1.29 is 23.4 Å². The number of rotatable bonds is 7. The van der Waals surface area contributed by atoms with Crippen LogP contribution in [-0.4, -0.2) is 47.3 Å². The summed E-state index contributed by atoms with van der Waals surface area (Å²) in [7, 11) is -0.284. The zero-order chi connectivity index (χ0) is 17.7. The summed E-state index contributed by atoms with van der Waals surface area (Å²) >= 11 is 0. The molecule has 5 nitrogen and oxygen atoms in total. The Balaban J connectivity index is 2.66. The first-order chi connectivity index (χ1) is 10.6. The van der Waals surface area contributed by atoms with Crippen LogP contribution in [-0.2, 0) is 23.4 Å². The van der Waals surface area contributed by atoms with E-state index in [2.05, 4.69) is 40.4 Å². The first-order valence-corrected chi connectivity index (χ1v) is 10.9. The molecule has 0 radical (unpaired) electrons. The third-order valence-corrected chi connectivity index (χ3v) is 8.66. The maximum atomic E-state index is 6.14. The van der Waals surface area contributed by atoms with E-state index in [1.807, 2.05) is 19.1 Å². The fourth-order valence-electron chi connectivity index (χ4n) is 1.86. The molecule has 0 N–H and O–H groups in total. The Bertz CT molecular complexity index is 412. The van der Waals surface area contributed by atoms with Crippen LogP contribution < -0.4 is 0 Å². The molecule has 6 heteroatoms. The van der Waals surface area contributed by atoms with E-state index in [1.54, 1.807) is 7.11 Å². The summed E-state index contributed by atoms with van der Waals surface area (Å²) in [6, 6.07) is 0. The zero-order valence-electron chi connectivity index (χ0n) is 15.5. The topological polar surface area (TPSA) is 46.2 Å². The molecule has 1 rings (SSSR count). The van der Waals surface area contributed by atoms with Crippen molar-refractivity contribution in [1.82, 2.24) is 0 Å². The molecule has 1 heterocycles. The van der Waals surface area contributed by atoms with Crippen molar-refractivity contribution in [3.63, 3.8) is 0 Å². The van der Waals surface area contributed by atoms with Gasteiger partial charge in [-0.1, -0.05) is 27.4 Å². The van der Waals surface area contributed by atoms with Crippen molar-refractivity contribution >= 4 is 8.32 Å². The molecule has 0 amide bonds. The van der Waals surface area contributed by atoms with Gasteiger partial charge in [-0.05, 0) is 37.2 Å². The predicted molar refractivity (Wildman–Crippen MR) is 93.6 cm³/mol. The average molecular weight is 345 g/mol. The van der Waals surface area contributed by atoms with Crippen LogP contribution in [0, 0.1) is 0 Å². The molecule has 0 aromatic heterocycles. The van der Waals surface area contributed by atoms with Gasteiger partial charge in [-0.2, -0.15) is 0 Å². The Morgan fingerprint density at radius 1 is 1.35 bits per heavy atom. The van der Waals surface area contributed by atoms with Crippen LogP contribution in [0.1, 0.15) is 27.7 Å². The lowest BCUT2D eigenvalue weighted by atomic mass is 10.1. The van der Waals surface area contributed by atoms with E-state index in [0.29, 0.717) is 12.4 Å². The van der Waals surface area contributed by atoms with Gasteiger partial charge in [-0.25, -0.2) is 0 Å². The lowest BCUT2D eigenvalue weighted by molar-refractivity contribution is -0.253. The van der Waals surface area contributed by atoms with E-state index in [0.717, 1.165) is 0 Å². The van der Waals surface area contributed by atoms with E-state index in [9.17, 15) is 0 Å². The molecule has 0 bridgehead atoms.